The third kappa shape index (κ3) is 4.35. The Morgan fingerprint density at radius 2 is 1.80 bits per heavy atom. The van der Waals surface area contributed by atoms with Gasteiger partial charge < -0.3 is 22.8 Å². The van der Waals surface area contributed by atoms with Crippen LogP contribution in [0.25, 0.3) is 10.6 Å². The highest BCUT2D eigenvalue weighted by molar-refractivity contribution is 7.18. The molecule has 0 atom stereocenters. The molecule has 0 aliphatic carbocycles. The number of hydrogen-bond donors (Lipinski definition) is 2. The Bertz CT molecular complexity index is 861. The smallest absolute Gasteiger partial charge is 0.335 e. The zero-order chi connectivity index (χ0) is 17.1. The Balaban J connectivity index is 0.00000225. The van der Waals surface area contributed by atoms with Crippen molar-refractivity contribution in [2.24, 2.45) is 7.05 Å². The highest BCUT2D eigenvalue weighted by atomic mass is 35.5. The first kappa shape index (κ1) is 18.9. The molecule has 7 heteroatoms. The number of anilines is 2. The lowest BCUT2D eigenvalue weighted by Gasteiger charge is -2.01. The summed E-state index contributed by atoms with van der Waals surface area (Å²) in [6.45, 7) is 2.13. The zero-order valence-corrected chi connectivity index (χ0v) is 15.4. The van der Waals surface area contributed by atoms with Crippen LogP contribution in [0.5, 0.6) is 0 Å². The highest BCUT2D eigenvalue weighted by Gasteiger charge is 2.18. The average Bonchev–Trinajstić information content (AvgIpc) is 2.96. The van der Waals surface area contributed by atoms with E-state index < -0.39 is 5.97 Å². The van der Waals surface area contributed by atoms with Crippen molar-refractivity contribution in [2.45, 2.75) is 13.3 Å². The summed E-state index contributed by atoms with van der Waals surface area (Å²) in [5, 5.41) is 18.5. The maximum Gasteiger partial charge on any atom is 0.335 e. The second-order valence-electron chi connectivity index (χ2n) is 5.39. The van der Waals surface area contributed by atoms with Crippen LogP contribution in [0.3, 0.4) is 0 Å². The van der Waals surface area contributed by atoms with E-state index >= 15 is 0 Å². The molecule has 1 aromatic heterocycles. The molecule has 0 bridgehead atoms. The monoisotopic (exact) mass is 375 g/mol. The number of aryl methyl sites for hydroxylation is 2. The molecule has 0 spiro atoms. The van der Waals surface area contributed by atoms with E-state index in [-0.39, 0.29) is 18.0 Å². The summed E-state index contributed by atoms with van der Waals surface area (Å²) >= 11 is 1.52. The maximum atomic E-state index is 10.9. The summed E-state index contributed by atoms with van der Waals surface area (Å²) in [4.78, 5) is 10.9. The van der Waals surface area contributed by atoms with Crippen molar-refractivity contribution in [1.82, 2.24) is 5.10 Å². The van der Waals surface area contributed by atoms with Gasteiger partial charge in [0.2, 0.25) is 0 Å². The van der Waals surface area contributed by atoms with Crippen molar-refractivity contribution >= 4 is 28.1 Å². The van der Waals surface area contributed by atoms with Crippen molar-refractivity contribution in [2.75, 3.05) is 5.32 Å². The SMILES string of the molecule is CCc1ccc(Nc2n[n+](C)c(-c3ccc(C(=O)O)cc3)s2)cc1.[Cl-]. The Morgan fingerprint density at radius 3 is 2.36 bits per heavy atom. The van der Waals surface area contributed by atoms with Crippen LogP contribution in [0.15, 0.2) is 48.5 Å². The lowest BCUT2D eigenvalue weighted by molar-refractivity contribution is -0.714. The molecular weight excluding hydrogens is 358 g/mol. The zero-order valence-electron chi connectivity index (χ0n) is 13.9. The van der Waals surface area contributed by atoms with Gasteiger partial charge >= 0.3 is 5.97 Å². The Hall–Kier alpha value is -2.44. The molecular formula is C18H18ClN3O2S. The number of rotatable bonds is 5. The molecule has 2 aromatic carbocycles. The van der Waals surface area contributed by atoms with E-state index in [1.165, 1.54) is 16.9 Å². The van der Waals surface area contributed by atoms with Gasteiger partial charge in [-0.15, -0.1) is 0 Å². The van der Waals surface area contributed by atoms with Crippen LogP contribution in [0, 0.1) is 0 Å². The number of nitrogens with one attached hydrogen (secondary N) is 1. The predicted molar refractivity (Wildman–Crippen MR) is 94.8 cm³/mol. The third-order valence-electron chi connectivity index (χ3n) is 3.72. The third-order valence-corrected chi connectivity index (χ3v) is 4.79. The van der Waals surface area contributed by atoms with E-state index in [1.54, 1.807) is 28.9 Å². The van der Waals surface area contributed by atoms with Crippen LogP contribution in [-0.2, 0) is 13.5 Å². The van der Waals surface area contributed by atoms with Crippen molar-refractivity contribution in [3.8, 4) is 10.6 Å². The molecule has 0 saturated carbocycles. The summed E-state index contributed by atoms with van der Waals surface area (Å²) in [7, 11) is 1.88. The van der Waals surface area contributed by atoms with Gasteiger partial charge in [0, 0.05) is 10.8 Å². The second-order valence-corrected chi connectivity index (χ2v) is 6.37. The largest absolute Gasteiger partial charge is 1.00 e. The molecule has 0 radical (unpaired) electrons. The van der Waals surface area contributed by atoms with Gasteiger partial charge in [0.05, 0.1) is 11.1 Å². The molecule has 0 saturated heterocycles. The quantitative estimate of drug-likeness (QED) is 0.642. The number of carbonyl (C=O) groups is 1. The molecule has 0 unspecified atom stereocenters. The predicted octanol–water partition coefficient (Wildman–Crippen LogP) is 0.643. The molecule has 5 nitrogen and oxygen atoms in total. The van der Waals surface area contributed by atoms with E-state index in [2.05, 4.69) is 29.5 Å². The first-order valence-electron chi connectivity index (χ1n) is 7.63. The minimum Gasteiger partial charge on any atom is -1.00 e. The molecule has 0 fully saturated rings. The van der Waals surface area contributed by atoms with Gasteiger partial charge in [-0.1, -0.05) is 23.7 Å². The number of carboxylic acids is 1. The molecule has 25 heavy (non-hydrogen) atoms. The van der Waals surface area contributed by atoms with Crippen molar-refractivity contribution in [3.63, 3.8) is 0 Å². The molecule has 0 aliphatic rings. The Kier molecular flexibility index (Phi) is 6.12. The Morgan fingerprint density at radius 1 is 1.16 bits per heavy atom. The minimum absolute atomic E-state index is 0. The average molecular weight is 376 g/mol. The van der Waals surface area contributed by atoms with Crippen LogP contribution in [-0.4, -0.2) is 16.2 Å². The number of carboxylic acid groups (broad SMARTS) is 1. The molecule has 2 N–H and O–H groups in total. The minimum atomic E-state index is -0.923. The van der Waals surface area contributed by atoms with Crippen LogP contribution < -0.4 is 22.4 Å². The van der Waals surface area contributed by atoms with E-state index in [4.69, 9.17) is 5.11 Å². The number of aromatic nitrogens is 2. The topological polar surface area (TPSA) is 66.1 Å². The van der Waals surface area contributed by atoms with Gasteiger partial charge in [0.1, 0.15) is 0 Å². The molecule has 0 aliphatic heterocycles. The van der Waals surface area contributed by atoms with Crippen molar-refractivity contribution in [1.29, 1.82) is 0 Å². The van der Waals surface area contributed by atoms with Crippen LogP contribution in [0.4, 0.5) is 10.8 Å². The fourth-order valence-corrected chi connectivity index (χ4v) is 3.30. The lowest BCUT2D eigenvalue weighted by Crippen LogP contribution is -3.00. The first-order chi connectivity index (χ1) is 11.6. The first-order valence-corrected chi connectivity index (χ1v) is 8.45. The normalized spacial score (nSPS) is 10.2. The van der Waals surface area contributed by atoms with E-state index in [0.29, 0.717) is 0 Å². The van der Waals surface area contributed by atoms with Crippen molar-refractivity contribution in [3.05, 3.63) is 59.7 Å². The van der Waals surface area contributed by atoms with E-state index in [0.717, 1.165) is 27.8 Å². The maximum absolute atomic E-state index is 10.9. The van der Waals surface area contributed by atoms with Gasteiger partial charge in [0.25, 0.3) is 10.1 Å². The molecule has 1 heterocycles. The number of aromatic carboxylic acids is 1. The van der Waals surface area contributed by atoms with Crippen LogP contribution >= 0.6 is 11.3 Å². The van der Waals surface area contributed by atoms with Crippen LogP contribution in [0.1, 0.15) is 22.8 Å². The molecule has 130 valence electrons. The summed E-state index contributed by atoms with van der Waals surface area (Å²) in [6, 6.07) is 15.1. The lowest BCUT2D eigenvalue weighted by atomic mass is 10.1. The van der Waals surface area contributed by atoms with Gasteiger partial charge in [-0.2, -0.15) is 0 Å². The van der Waals surface area contributed by atoms with E-state index in [1.807, 2.05) is 19.2 Å². The second kappa shape index (κ2) is 8.09. The molecule has 3 aromatic rings. The standard InChI is InChI=1S/C18H17N3O2S.ClH/c1-3-12-4-10-15(11-5-12)19-18-20-21(2)16(24-18)13-6-8-14(9-7-13)17(22)23;/h4-11H,3H2,1-2H3,(H-,19,20,22,23);1H. The fourth-order valence-electron chi connectivity index (χ4n) is 2.36. The Labute approximate surface area is 156 Å². The summed E-state index contributed by atoms with van der Waals surface area (Å²) < 4.78 is 1.79. The summed E-state index contributed by atoms with van der Waals surface area (Å²) in [5.74, 6) is -0.923. The van der Waals surface area contributed by atoms with Crippen molar-refractivity contribution < 1.29 is 27.0 Å². The molecule has 3 rings (SSSR count). The van der Waals surface area contributed by atoms with Gasteiger partial charge in [-0.05, 0) is 59.7 Å². The van der Waals surface area contributed by atoms with Gasteiger partial charge in [0.15, 0.2) is 7.05 Å². The highest BCUT2D eigenvalue weighted by Crippen LogP contribution is 2.27. The summed E-state index contributed by atoms with van der Waals surface area (Å²) in [5.41, 5.74) is 3.51. The van der Waals surface area contributed by atoms with Crippen LogP contribution in [0.2, 0.25) is 0 Å². The number of nitrogens with zero attached hydrogens (tertiary/aromatic N) is 2. The summed E-state index contributed by atoms with van der Waals surface area (Å²) in [6.07, 6.45) is 1.02. The van der Waals surface area contributed by atoms with E-state index in [9.17, 15) is 4.79 Å². The number of halogens is 1. The number of benzene rings is 2. The van der Waals surface area contributed by atoms with Gasteiger partial charge in [-0.25, -0.2) is 4.79 Å². The van der Waals surface area contributed by atoms with Gasteiger partial charge in [-0.3, -0.25) is 0 Å². The molecule has 0 amide bonds. The fraction of sp³-hybridized carbons (Fsp3) is 0.167. The number of hydrogen-bond acceptors (Lipinski definition) is 4.